The van der Waals surface area contributed by atoms with E-state index in [2.05, 4.69) is 0 Å². The molecule has 92 valence electrons. The van der Waals surface area contributed by atoms with Crippen LogP contribution in [0.2, 0.25) is 5.02 Å². The van der Waals surface area contributed by atoms with Gasteiger partial charge in [-0.25, -0.2) is 0 Å². The Hall–Kier alpha value is -1.26. The normalized spacial score (nSPS) is 12.8. The van der Waals surface area contributed by atoms with Crippen LogP contribution in [0, 0.1) is 0 Å². The van der Waals surface area contributed by atoms with E-state index < -0.39 is 0 Å². The summed E-state index contributed by atoms with van der Waals surface area (Å²) in [5.74, 6) is 1.11. The SMILES string of the molecule is NCCCCc1cc(Cl)c(C=O)c2c1OCO2. The number of hydrogen-bond donors (Lipinski definition) is 1. The molecule has 0 aromatic heterocycles. The number of carbonyl (C=O) groups excluding carboxylic acids is 1. The number of unbranched alkanes of at least 4 members (excludes halogenated alkanes) is 1. The first kappa shape index (κ1) is 12.2. The molecule has 1 aliphatic heterocycles. The topological polar surface area (TPSA) is 61.6 Å². The maximum absolute atomic E-state index is 10.9. The summed E-state index contributed by atoms with van der Waals surface area (Å²) in [6, 6.07) is 1.77. The summed E-state index contributed by atoms with van der Waals surface area (Å²) in [5, 5.41) is 0.409. The molecule has 2 rings (SSSR count). The van der Waals surface area contributed by atoms with Gasteiger partial charge >= 0.3 is 0 Å². The monoisotopic (exact) mass is 255 g/mol. The lowest BCUT2D eigenvalue weighted by Crippen LogP contribution is -2.00. The lowest BCUT2D eigenvalue weighted by atomic mass is 10.0. The third kappa shape index (κ3) is 2.37. The number of rotatable bonds is 5. The van der Waals surface area contributed by atoms with Crippen LogP contribution in [-0.4, -0.2) is 19.6 Å². The third-order valence-electron chi connectivity index (χ3n) is 2.73. The van der Waals surface area contributed by atoms with Gasteiger partial charge in [-0.05, 0) is 37.4 Å². The zero-order chi connectivity index (χ0) is 12.3. The molecule has 0 unspecified atom stereocenters. The van der Waals surface area contributed by atoms with Gasteiger partial charge in [0.1, 0.15) is 0 Å². The van der Waals surface area contributed by atoms with Crippen molar-refractivity contribution in [3.8, 4) is 11.5 Å². The summed E-state index contributed by atoms with van der Waals surface area (Å²) >= 11 is 6.03. The number of carbonyl (C=O) groups is 1. The van der Waals surface area contributed by atoms with Crippen LogP contribution >= 0.6 is 11.6 Å². The van der Waals surface area contributed by atoms with Crippen LogP contribution in [0.15, 0.2) is 6.07 Å². The van der Waals surface area contributed by atoms with E-state index in [1.165, 1.54) is 0 Å². The zero-order valence-corrected chi connectivity index (χ0v) is 10.1. The molecule has 17 heavy (non-hydrogen) atoms. The number of aryl methyl sites for hydroxylation is 1. The zero-order valence-electron chi connectivity index (χ0n) is 9.37. The van der Waals surface area contributed by atoms with Crippen molar-refractivity contribution in [3.05, 3.63) is 22.2 Å². The van der Waals surface area contributed by atoms with E-state index >= 15 is 0 Å². The van der Waals surface area contributed by atoms with Crippen molar-refractivity contribution >= 4 is 17.9 Å². The molecular weight excluding hydrogens is 242 g/mol. The summed E-state index contributed by atoms with van der Waals surface area (Å²) < 4.78 is 10.7. The number of ether oxygens (including phenoxy) is 2. The van der Waals surface area contributed by atoms with Crippen molar-refractivity contribution in [3.63, 3.8) is 0 Å². The summed E-state index contributed by atoms with van der Waals surface area (Å²) in [7, 11) is 0. The molecule has 5 heteroatoms. The summed E-state index contributed by atoms with van der Waals surface area (Å²) in [5.41, 5.74) is 6.79. The van der Waals surface area contributed by atoms with E-state index in [0.29, 0.717) is 34.9 Å². The number of hydrogen-bond acceptors (Lipinski definition) is 4. The predicted octanol–water partition coefficient (Wildman–Crippen LogP) is 2.16. The van der Waals surface area contributed by atoms with Gasteiger partial charge < -0.3 is 15.2 Å². The van der Waals surface area contributed by atoms with Crippen molar-refractivity contribution in [1.29, 1.82) is 0 Å². The molecule has 0 amide bonds. The Bertz CT molecular complexity index is 434. The highest BCUT2D eigenvalue weighted by Crippen LogP contribution is 2.42. The Morgan fingerprint density at radius 2 is 2.12 bits per heavy atom. The minimum absolute atomic E-state index is 0.139. The smallest absolute Gasteiger partial charge is 0.231 e. The Labute approximate surface area is 105 Å². The summed E-state index contributed by atoms with van der Waals surface area (Å²) in [6.07, 6.45) is 3.42. The summed E-state index contributed by atoms with van der Waals surface area (Å²) in [6.45, 7) is 0.806. The maximum Gasteiger partial charge on any atom is 0.231 e. The molecule has 1 aliphatic rings. The molecule has 0 radical (unpaired) electrons. The van der Waals surface area contributed by atoms with E-state index in [0.717, 1.165) is 24.8 Å². The lowest BCUT2D eigenvalue weighted by molar-refractivity contribution is 0.111. The second-order valence-corrected chi connectivity index (χ2v) is 4.27. The molecule has 2 N–H and O–H groups in total. The van der Waals surface area contributed by atoms with Crippen molar-refractivity contribution in [2.75, 3.05) is 13.3 Å². The highest BCUT2D eigenvalue weighted by molar-refractivity contribution is 6.33. The van der Waals surface area contributed by atoms with E-state index in [1.807, 2.05) is 0 Å². The van der Waals surface area contributed by atoms with Gasteiger partial charge in [0, 0.05) is 0 Å². The molecule has 0 atom stereocenters. The minimum atomic E-state index is 0.139. The molecule has 0 aliphatic carbocycles. The average molecular weight is 256 g/mol. The van der Waals surface area contributed by atoms with E-state index in [9.17, 15) is 4.79 Å². The highest BCUT2D eigenvalue weighted by atomic mass is 35.5. The molecule has 0 spiro atoms. The molecule has 0 bridgehead atoms. The quantitative estimate of drug-likeness (QED) is 0.647. The molecule has 1 heterocycles. The van der Waals surface area contributed by atoms with Crippen LogP contribution < -0.4 is 15.2 Å². The van der Waals surface area contributed by atoms with E-state index in [4.69, 9.17) is 26.8 Å². The minimum Gasteiger partial charge on any atom is -0.453 e. The van der Waals surface area contributed by atoms with Gasteiger partial charge in [0.15, 0.2) is 17.8 Å². The average Bonchev–Trinajstić information content (AvgIpc) is 2.78. The fourth-order valence-electron chi connectivity index (χ4n) is 1.88. The number of fused-ring (bicyclic) bond motifs is 1. The first-order valence-electron chi connectivity index (χ1n) is 5.54. The van der Waals surface area contributed by atoms with Crippen LogP contribution in [-0.2, 0) is 6.42 Å². The Morgan fingerprint density at radius 1 is 1.35 bits per heavy atom. The maximum atomic E-state index is 10.9. The van der Waals surface area contributed by atoms with Gasteiger partial charge in [0.05, 0.1) is 10.6 Å². The molecule has 4 nitrogen and oxygen atoms in total. The van der Waals surface area contributed by atoms with Gasteiger partial charge in [-0.1, -0.05) is 11.6 Å². The van der Waals surface area contributed by atoms with Crippen LogP contribution in [0.25, 0.3) is 0 Å². The van der Waals surface area contributed by atoms with Gasteiger partial charge in [-0.2, -0.15) is 0 Å². The molecular formula is C12H14ClNO3. The Morgan fingerprint density at radius 3 is 2.82 bits per heavy atom. The Kier molecular flexibility index (Phi) is 3.86. The molecule has 0 fully saturated rings. The number of benzene rings is 1. The molecule has 1 aromatic carbocycles. The first-order valence-corrected chi connectivity index (χ1v) is 5.92. The number of nitrogens with two attached hydrogens (primary N) is 1. The standard InChI is InChI=1S/C12H14ClNO3/c13-10-5-8(3-1-2-4-14)11-12(9(10)6-15)17-7-16-11/h5-6H,1-4,7,14H2. The number of aldehydes is 1. The second kappa shape index (κ2) is 5.38. The molecule has 1 aromatic rings. The van der Waals surface area contributed by atoms with Crippen molar-refractivity contribution in [1.82, 2.24) is 0 Å². The Balaban J connectivity index is 2.31. The fourth-order valence-corrected chi connectivity index (χ4v) is 2.14. The van der Waals surface area contributed by atoms with E-state index in [1.54, 1.807) is 6.07 Å². The fraction of sp³-hybridized carbons (Fsp3) is 0.417. The van der Waals surface area contributed by atoms with Gasteiger partial charge in [0.25, 0.3) is 0 Å². The lowest BCUT2D eigenvalue weighted by Gasteiger charge is -2.08. The van der Waals surface area contributed by atoms with Crippen molar-refractivity contribution < 1.29 is 14.3 Å². The second-order valence-electron chi connectivity index (χ2n) is 3.86. The van der Waals surface area contributed by atoms with Crippen LogP contribution in [0.4, 0.5) is 0 Å². The predicted molar refractivity (Wildman–Crippen MR) is 65.0 cm³/mol. The largest absolute Gasteiger partial charge is 0.453 e. The molecule has 0 saturated heterocycles. The van der Waals surface area contributed by atoms with Crippen molar-refractivity contribution in [2.24, 2.45) is 5.73 Å². The van der Waals surface area contributed by atoms with Crippen LogP contribution in [0.3, 0.4) is 0 Å². The van der Waals surface area contributed by atoms with Gasteiger partial charge in [-0.3, -0.25) is 4.79 Å². The van der Waals surface area contributed by atoms with E-state index in [-0.39, 0.29) is 6.79 Å². The van der Waals surface area contributed by atoms with Gasteiger partial charge in [0.2, 0.25) is 6.79 Å². The molecule has 0 saturated carbocycles. The first-order chi connectivity index (χ1) is 8.27. The summed E-state index contributed by atoms with van der Waals surface area (Å²) in [4.78, 5) is 10.9. The number of halogens is 1. The van der Waals surface area contributed by atoms with Crippen molar-refractivity contribution in [2.45, 2.75) is 19.3 Å². The highest BCUT2D eigenvalue weighted by Gasteiger charge is 2.24. The third-order valence-corrected chi connectivity index (χ3v) is 3.04. The van der Waals surface area contributed by atoms with Gasteiger partial charge in [-0.15, -0.1) is 0 Å². The van der Waals surface area contributed by atoms with Crippen LogP contribution in [0.1, 0.15) is 28.8 Å². The van der Waals surface area contributed by atoms with Crippen LogP contribution in [0.5, 0.6) is 11.5 Å².